The number of rotatable bonds is 5. The molecule has 8 heteroatoms. The van der Waals surface area contributed by atoms with Gasteiger partial charge in [0.05, 0.1) is 35.0 Å². The van der Waals surface area contributed by atoms with Crippen molar-refractivity contribution in [3.05, 3.63) is 55.1 Å². The summed E-state index contributed by atoms with van der Waals surface area (Å²) in [7, 11) is 1.46. The zero-order valence-electron chi connectivity index (χ0n) is 13.5. The van der Waals surface area contributed by atoms with Gasteiger partial charge in [-0.05, 0) is 59.3 Å². The fourth-order valence-corrected chi connectivity index (χ4v) is 2.93. The van der Waals surface area contributed by atoms with Gasteiger partial charge in [0, 0.05) is 3.57 Å². The van der Waals surface area contributed by atoms with Gasteiger partial charge in [-0.25, -0.2) is 0 Å². The molecule has 5 nitrogen and oxygen atoms in total. The van der Waals surface area contributed by atoms with E-state index in [0.717, 1.165) is 9.13 Å². The van der Waals surface area contributed by atoms with Crippen molar-refractivity contribution in [1.29, 1.82) is 0 Å². The number of carbonyl (C=O) groups excluding carboxylic acids is 2. The molecular formula is C17H15Cl2IN2O3. The van der Waals surface area contributed by atoms with E-state index in [-0.39, 0.29) is 12.1 Å². The molecule has 0 aliphatic rings. The lowest BCUT2D eigenvalue weighted by Gasteiger charge is -2.11. The third kappa shape index (κ3) is 5.23. The number of hydrogen-bond acceptors (Lipinski definition) is 3. The highest BCUT2D eigenvalue weighted by atomic mass is 127. The van der Waals surface area contributed by atoms with Gasteiger partial charge in [0.1, 0.15) is 5.75 Å². The summed E-state index contributed by atoms with van der Waals surface area (Å²) < 4.78 is 5.95. The number of ether oxygens (including phenoxy) is 1. The number of hydrogen-bond donors (Lipinski definition) is 2. The lowest BCUT2D eigenvalue weighted by Crippen LogP contribution is -2.33. The molecule has 2 N–H and O–H groups in total. The van der Waals surface area contributed by atoms with Gasteiger partial charge in [0.15, 0.2) is 0 Å². The molecule has 0 bridgehead atoms. The summed E-state index contributed by atoms with van der Waals surface area (Å²) in [5.74, 6) is -0.469. The van der Waals surface area contributed by atoms with Crippen LogP contribution in [0, 0.1) is 10.5 Å². The highest BCUT2D eigenvalue weighted by Crippen LogP contribution is 2.28. The van der Waals surface area contributed by atoms with Crippen molar-refractivity contribution in [2.75, 3.05) is 19.0 Å². The standard InChI is InChI=1S/C17H15Cl2IN2O3/c1-9-3-4-14(12(19)5-9)22-16(23)8-21-17(24)10-6-11(18)13(20)7-15(10)25-2/h3-7H,8H2,1-2H3,(H,21,24)(H,22,23). The number of anilines is 1. The molecule has 2 aromatic rings. The SMILES string of the molecule is COc1cc(I)c(Cl)cc1C(=O)NCC(=O)Nc1ccc(C)cc1Cl. The van der Waals surface area contributed by atoms with Crippen LogP contribution in [-0.2, 0) is 4.79 Å². The van der Waals surface area contributed by atoms with E-state index in [0.29, 0.717) is 21.5 Å². The first-order valence-corrected chi connectivity index (χ1v) is 9.02. The summed E-state index contributed by atoms with van der Waals surface area (Å²) in [4.78, 5) is 24.3. The Morgan fingerprint density at radius 2 is 1.88 bits per heavy atom. The van der Waals surface area contributed by atoms with Crippen LogP contribution in [0.5, 0.6) is 5.75 Å². The fourth-order valence-electron chi connectivity index (χ4n) is 2.05. The van der Waals surface area contributed by atoms with Crippen molar-refractivity contribution in [2.45, 2.75) is 6.92 Å². The highest BCUT2D eigenvalue weighted by molar-refractivity contribution is 14.1. The molecule has 2 rings (SSSR count). The molecule has 0 heterocycles. The number of nitrogens with one attached hydrogen (secondary N) is 2. The third-order valence-corrected chi connectivity index (χ3v) is 5.13. The van der Waals surface area contributed by atoms with Gasteiger partial charge in [0.25, 0.3) is 5.91 Å². The summed E-state index contributed by atoms with van der Waals surface area (Å²) in [6, 6.07) is 8.45. The number of carbonyl (C=O) groups is 2. The number of methoxy groups -OCH3 is 1. The predicted octanol–water partition coefficient (Wildman–Crippen LogP) is 4.28. The molecule has 0 aliphatic carbocycles. The molecule has 0 aliphatic heterocycles. The second kappa shape index (κ2) is 8.73. The van der Waals surface area contributed by atoms with Crippen LogP contribution in [0.1, 0.15) is 15.9 Å². The first-order chi connectivity index (χ1) is 11.8. The Morgan fingerprint density at radius 1 is 1.16 bits per heavy atom. The Kier molecular flexibility index (Phi) is 6.92. The Hall–Kier alpha value is -1.51. The van der Waals surface area contributed by atoms with Gasteiger partial charge in [-0.3, -0.25) is 9.59 Å². The maximum atomic E-state index is 12.3. The van der Waals surface area contributed by atoms with Gasteiger partial charge in [-0.2, -0.15) is 0 Å². The van der Waals surface area contributed by atoms with Crippen LogP contribution >= 0.6 is 45.8 Å². The van der Waals surface area contributed by atoms with Crippen molar-refractivity contribution in [3.8, 4) is 5.75 Å². The molecular weight excluding hydrogens is 478 g/mol. The fraction of sp³-hybridized carbons (Fsp3) is 0.176. The van der Waals surface area contributed by atoms with E-state index in [4.69, 9.17) is 27.9 Å². The van der Waals surface area contributed by atoms with Crippen molar-refractivity contribution < 1.29 is 14.3 Å². The molecule has 0 aromatic heterocycles. The quantitative estimate of drug-likeness (QED) is 0.612. The second-order valence-corrected chi connectivity index (χ2v) is 7.16. The van der Waals surface area contributed by atoms with Crippen molar-refractivity contribution in [1.82, 2.24) is 5.32 Å². The Balaban J connectivity index is 2.02. The smallest absolute Gasteiger partial charge is 0.255 e. The minimum absolute atomic E-state index is 0.213. The van der Waals surface area contributed by atoms with Gasteiger partial charge >= 0.3 is 0 Å². The van der Waals surface area contributed by atoms with E-state index < -0.39 is 11.8 Å². The van der Waals surface area contributed by atoms with Crippen LogP contribution < -0.4 is 15.4 Å². The summed E-state index contributed by atoms with van der Waals surface area (Å²) in [6.07, 6.45) is 0. The van der Waals surface area contributed by atoms with E-state index >= 15 is 0 Å². The van der Waals surface area contributed by atoms with E-state index in [9.17, 15) is 9.59 Å². The van der Waals surface area contributed by atoms with Gasteiger partial charge < -0.3 is 15.4 Å². The molecule has 0 saturated heterocycles. The minimum Gasteiger partial charge on any atom is -0.496 e. The molecule has 25 heavy (non-hydrogen) atoms. The van der Waals surface area contributed by atoms with Crippen molar-refractivity contribution >= 4 is 63.3 Å². The third-order valence-electron chi connectivity index (χ3n) is 3.30. The zero-order valence-corrected chi connectivity index (χ0v) is 17.1. The van der Waals surface area contributed by atoms with Crippen LogP contribution in [0.2, 0.25) is 10.0 Å². The monoisotopic (exact) mass is 492 g/mol. The Bertz CT molecular complexity index is 828. The normalized spacial score (nSPS) is 10.3. The number of amides is 2. The lowest BCUT2D eigenvalue weighted by molar-refractivity contribution is -0.115. The summed E-state index contributed by atoms with van der Waals surface area (Å²) >= 11 is 14.2. The van der Waals surface area contributed by atoms with E-state index in [1.54, 1.807) is 18.2 Å². The molecule has 2 aromatic carbocycles. The summed E-state index contributed by atoms with van der Waals surface area (Å²) in [5, 5.41) is 6.05. The minimum atomic E-state index is -0.458. The number of aryl methyl sites for hydroxylation is 1. The number of benzene rings is 2. The molecule has 2 amide bonds. The largest absolute Gasteiger partial charge is 0.496 e. The van der Waals surface area contributed by atoms with E-state index in [1.807, 2.05) is 35.6 Å². The highest BCUT2D eigenvalue weighted by Gasteiger charge is 2.16. The van der Waals surface area contributed by atoms with Gasteiger partial charge in [0.2, 0.25) is 5.91 Å². The topological polar surface area (TPSA) is 67.4 Å². The van der Waals surface area contributed by atoms with E-state index in [1.165, 1.54) is 13.2 Å². The van der Waals surface area contributed by atoms with Crippen LogP contribution in [0.15, 0.2) is 30.3 Å². The molecule has 0 unspecified atom stereocenters. The van der Waals surface area contributed by atoms with Crippen LogP contribution in [0.3, 0.4) is 0 Å². The molecule has 132 valence electrons. The van der Waals surface area contributed by atoms with E-state index in [2.05, 4.69) is 10.6 Å². The number of halogens is 3. The maximum absolute atomic E-state index is 12.3. The van der Waals surface area contributed by atoms with Crippen LogP contribution in [-0.4, -0.2) is 25.5 Å². The molecule has 0 saturated carbocycles. The summed E-state index contributed by atoms with van der Waals surface area (Å²) in [6.45, 7) is 1.69. The summed E-state index contributed by atoms with van der Waals surface area (Å²) in [5.41, 5.74) is 1.73. The Labute approximate surface area is 169 Å². The molecule has 0 spiro atoms. The second-order valence-electron chi connectivity index (χ2n) is 5.18. The first kappa shape index (κ1) is 19.8. The average Bonchev–Trinajstić information content (AvgIpc) is 2.57. The van der Waals surface area contributed by atoms with Crippen LogP contribution in [0.4, 0.5) is 5.69 Å². The van der Waals surface area contributed by atoms with Crippen molar-refractivity contribution in [3.63, 3.8) is 0 Å². The molecule has 0 fully saturated rings. The van der Waals surface area contributed by atoms with Gasteiger partial charge in [-0.15, -0.1) is 0 Å². The van der Waals surface area contributed by atoms with Crippen molar-refractivity contribution in [2.24, 2.45) is 0 Å². The van der Waals surface area contributed by atoms with Gasteiger partial charge in [-0.1, -0.05) is 29.3 Å². The molecule has 0 atom stereocenters. The predicted molar refractivity (Wildman–Crippen MR) is 108 cm³/mol. The lowest BCUT2D eigenvalue weighted by atomic mass is 10.2. The zero-order chi connectivity index (χ0) is 18.6. The maximum Gasteiger partial charge on any atom is 0.255 e. The molecule has 0 radical (unpaired) electrons. The average molecular weight is 493 g/mol. The first-order valence-electron chi connectivity index (χ1n) is 7.19. The Morgan fingerprint density at radius 3 is 2.52 bits per heavy atom. The van der Waals surface area contributed by atoms with Crippen LogP contribution in [0.25, 0.3) is 0 Å².